The highest BCUT2D eigenvalue weighted by molar-refractivity contribution is 5.83. The zero-order valence-corrected chi connectivity index (χ0v) is 10.8. The number of hydrogen-bond donors (Lipinski definition) is 2. The van der Waals surface area contributed by atoms with E-state index < -0.39 is 0 Å². The van der Waals surface area contributed by atoms with Gasteiger partial charge in [-0.3, -0.25) is 4.79 Å². The Labute approximate surface area is 98.8 Å². The van der Waals surface area contributed by atoms with Gasteiger partial charge in [0, 0.05) is 13.1 Å². The summed E-state index contributed by atoms with van der Waals surface area (Å²) in [6, 6.07) is 0. The normalized spacial score (nSPS) is 18.2. The minimum absolute atomic E-state index is 0.104. The molecule has 1 saturated carbocycles. The predicted octanol–water partition coefficient (Wildman–Crippen LogP) is 0.444. The Kier molecular flexibility index (Phi) is 5.22. The molecule has 1 rings (SSSR count). The number of nitrogens with one attached hydrogen (secondary N) is 2. The van der Waals surface area contributed by atoms with Crippen LogP contribution in [0.3, 0.4) is 0 Å². The summed E-state index contributed by atoms with van der Waals surface area (Å²) in [4.78, 5) is 14.2. The molecule has 0 aromatic carbocycles. The van der Waals surface area contributed by atoms with E-state index >= 15 is 0 Å². The van der Waals surface area contributed by atoms with Gasteiger partial charge in [0.1, 0.15) is 0 Å². The number of amides is 1. The lowest BCUT2D eigenvalue weighted by Gasteiger charge is -2.40. The third-order valence-corrected chi connectivity index (χ3v) is 3.38. The highest BCUT2D eigenvalue weighted by Gasteiger charge is 2.43. The molecule has 0 atom stereocenters. The molecule has 0 aliphatic heterocycles. The lowest BCUT2D eigenvalue weighted by atomic mass is 9.68. The van der Waals surface area contributed by atoms with Crippen molar-refractivity contribution >= 4 is 5.91 Å². The van der Waals surface area contributed by atoms with E-state index in [1.807, 2.05) is 7.05 Å². The van der Waals surface area contributed by atoms with E-state index in [2.05, 4.69) is 29.6 Å². The van der Waals surface area contributed by atoms with Crippen molar-refractivity contribution in [1.29, 1.82) is 0 Å². The first-order valence-electron chi connectivity index (χ1n) is 6.18. The predicted molar refractivity (Wildman–Crippen MR) is 66.4 cm³/mol. The minimum atomic E-state index is -0.104. The van der Waals surface area contributed by atoms with Crippen LogP contribution in [0.1, 0.15) is 25.7 Å². The molecule has 0 heterocycles. The molecule has 16 heavy (non-hydrogen) atoms. The van der Waals surface area contributed by atoms with Crippen molar-refractivity contribution in [3.8, 4) is 0 Å². The number of hydrogen-bond acceptors (Lipinski definition) is 3. The molecule has 94 valence electrons. The smallest absolute Gasteiger partial charge is 0.227 e. The summed E-state index contributed by atoms with van der Waals surface area (Å²) >= 11 is 0. The van der Waals surface area contributed by atoms with E-state index in [9.17, 15) is 4.79 Å². The fourth-order valence-electron chi connectivity index (χ4n) is 2.21. The van der Waals surface area contributed by atoms with Crippen LogP contribution in [-0.2, 0) is 4.79 Å². The summed E-state index contributed by atoms with van der Waals surface area (Å²) in [6.45, 7) is 2.63. The molecule has 0 bridgehead atoms. The quantitative estimate of drug-likeness (QED) is 0.621. The Bertz CT molecular complexity index is 224. The van der Waals surface area contributed by atoms with Gasteiger partial charge in [0.25, 0.3) is 0 Å². The summed E-state index contributed by atoms with van der Waals surface area (Å²) < 4.78 is 0. The van der Waals surface area contributed by atoms with Gasteiger partial charge < -0.3 is 15.5 Å². The van der Waals surface area contributed by atoms with Gasteiger partial charge in [-0.25, -0.2) is 0 Å². The van der Waals surface area contributed by atoms with Gasteiger partial charge in [0.15, 0.2) is 0 Å². The fraction of sp³-hybridized carbons (Fsp3) is 0.917. The zero-order chi connectivity index (χ0) is 12.0. The van der Waals surface area contributed by atoms with Crippen LogP contribution in [0.5, 0.6) is 0 Å². The summed E-state index contributed by atoms with van der Waals surface area (Å²) in [5.41, 5.74) is -0.104. The van der Waals surface area contributed by atoms with Crippen LogP contribution >= 0.6 is 0 Å². The van der Waals surface area contributed by atoms with Crippen molar-refractivity contribution in [3.05, 3.63) is 0 Å². The Morgan fingerprint density at radius 3 is 2.50 bits per heavy atom. The van der Waals surface area contributed by atoms with Crippen molar-refractivity contribution in [2.24, 2.45) is 5.41 Å². The summed E-state index contributed by atoms with van der Waals surface area (Å²) in [6.07, 6.45) is 4.28. The third-order valence-electron chi connectivity index (χ3n) is 3.38. The molecule has 1 fully saturated rings. The molecule has 2 N–H and O–H groups in total. The molecule has 0 spiro atoms. The van der Waals surface area contributed by atoms with Crippen molar-refractivity contribution in [2.75, 3.05) is 40.8 Å². The van der Waals surface area contributed by atoms with Gasteiger partial charge in [-0.05, 0) is 47.0 Å². The van der Waals surface area contributed by atoms with E-state index in [1.54, 1.807) is 0 Å². The second kappa shape index (κ2) is 6.21. The second-order valence-corrected chi connectivity index (χ2v) is 5.08. The summed E-state index contributed by atoms with van der Waals surface area (Å²) in [5, 5.41) is 6.19. The molecule has 1 aliphatic carbocycles. The molecule has 4 heteroatoms. The Morgan fingerprint density at radius 1 is 1.38 bits per heavy atom. The molecule has 0 radical (unpaired) electrons. The maximum absolute atomic E-state index is 12.0. The Morgan fingerprint density at radius 2 is 2.06 bits per heavy atom. The molecule has 0 unspecified atom stereocenters. The van der Waals surface area contributed by atoms with E-state index in [0.717, 1.165) is 38.9 Å². The fourth-order valence-corrected chi connectivity index (χ4v) is 2.21. The molecule has 4 nitrogen and oxygen atoms in total. The largest absolute Gasteiger partial charge is 0.356 e. The van der Waals surface area contributed by atoms with E-state index in [-0.39, 0.29) is 11.3 Å². The summed E-state index contributed by atoms with van der Waals surface area (Å²) in [7, 11) is 6.02. The van der Waals surface area contributed by atoms with Crippen molar-refractivity contribution < 1.29 is 4.79 Å². The van der Waals surface area contributed by atoms with Crippen LogP contribution in [0.4, 0.5) is 0 Å². The van der Waals surface area contributed by atoms with E-state index in [0.29, 0.717) is 0 Å². The van der Waals surface area contributed by atoms with Crippen molar-refractivity contribution in [1.82, 2.24) is 15.5 Å². The molecule has 0 saturated heterocycles. The van der Waals surface area contributed by atoms with Crippen LogP contribution in [0.15, 0.2) is 0 Å². The van der Waals surface area contributed by atoms with Crippen LogP contribution < -0.4 is 10.6 Å². The standard InChI is InChI=1S/C12H25N3O/c1-13-10-12(6-4-7-12)11(16)14-8-5-9-15(2)3/h13H,4-10H2,1-3H3,(H,14,16). The topological polar surface area (TPSA) is 44.4 Å². The lowest BCUT2D eigenvalue weighted by Crippen LogP contribution is -2.51. The minimum Gasteiger partial charge on any atom is -0.356 e. The van der Waals surface area contributed by atoms with Crippen LogP contribution in [0.25, 0.3) is 0 Å². The van der Waals surface area contributed by atoms with Gasteiger partial charge in [0.05, 0.1) is 5.41 Å². The van der Waals surface area contributed by atoms with Crippen LogP contribution in [-0.4, -0.2) is 51.6 Å². The van der Waals surface area contributed by atoms with Gasteiger partial charge in [-0.2, -0.15) is 0 Å². The summed E-state index contributed by atoms with van der Waals surface area (Å²) in [5.74, 6) is 0.242. The molecular formula is C12H25N3O. The lowest BCUT2D eigenvalue weighted by molar-refractivity contribution is -0.135. The molecule has 0 aromatic heterocycles. The number of rotatable bonds is 7. The highest BCUT2D eigenvalue weighted by atomic mass is 16.2. The number of carbonyl (C=O) groups is 1. The van der Waals surface area contributed by atoms with Gasteiger partial charge in [-0.1, -0.05) is 6.42 Å². The van der Waals surface area contributed by atoms with Crippen molar-refractivity contribution in [3.63, 3.8) is 0 Å². The van der Waals surface area contributed by atoms with Crippen molar-refractivity contribution in [2.45, 2.75) is 25.7 Å². The molecule has 1 amide bonds. The monoisotopic (exact) mass is 227 g/mol. The van der Waals surface area contributed by atoms with Gasteiger partial charge >= 0.3 is 0 Å². The van der Waals surface area contributed by atoms with Gasteiger partial charge in [-0.15, -0.1) is 0 Å². The second-order valence-electron chi connectivity index (χ2n) is 5.08. The number of nitrogens with zero attached hydrogens (tertiary/aromatic N) is 1. The third kappa shape index (κ3) is 3.46. The molecular weight excluding hydrogens is 202 g/mol. The highest BCUT2D eigenvalue weighted by Crippen LogP contribution is 2.40. The van der Waals surface area contributed by atoms with E-state index in [1.165, 1.54) is 6.42 Å². The van der Waals surface area contributed by atoms with Crippen LogP contribution in [0.2, 0.25) is 0 Å². The SMILES string of the molecule is CNCC1(C(=O)NCCCN(C)C)CCC1. The zero-order valence-electron chi connectivity index (χ0n) is 10.8. The maximum Gasteiger partial charge on any atom is 0.227 e. The first kappa shape index (κ1) is 13.5. The first-order valence-corrected chi connectivity index (χ1v) is 6.18. The van der Waals surface area contributed by atoms with Crippen LogP contribution in [0, 0.1) is 5.41 Å². The Hall–Kier alpha value is -0.610. The number of carbonyl (C=O) groups excluding carboxylic acids is 1. The average Bonchev–Trinajstić information content (AvgIpc) is 2.17. The first-order chi connectivity index (χ1) is 7.60. The van der Waals surface area contributed by atoms with Gasteiger partial charge in [0.2, 0.25) is 5.91 Å². The molecule has 1 aliphatic rings. The average molecular weight is 227 g/mol. The molecule has 0 aromatic rings. The maximum atomic E-state index is 12.0. The Balaban J connectivity index is 2.23. The van der Waals surface area contributed by atoms with E-state index in [4.69, 9.17) is 0 Å².